The van der Waals surface area contributed by atoms with Crippen LogP contribution in [0.4, 0.5) is 15.3 Å². The molecule has 0 spiro atoms. The van der Waals surface area contributed by atoms with Crippen molar-refractivity contribution in [2.24, 2.45) is 0 Å². The van der Waals surface area contributed by atoms with Gasteiger partial charge in [-0.1, -0.05) is 22.0 Å². The number of hydrogen-bond acceptors (Lipinski definition) is 4. The fourth-order valence-corrected chi connectivity index (χ4v) is 3.42. The first-order valence-electron chi connectivity index (χ1n) is 8.41. The molecule has 2 aliphatic rings. The highest BCUT2D eigenvalue weighted by Crippen LogP contribution is 2.33. The van der Waals surface area contributed by atoms with Gasteiger partial charge in [-0.15, -0.1) is 0 Å². The molecule has 138 valence electrons. The zero-order valence-electron chi connectivity index (χ0n) is 15.0. The second kappa shape index (κ2) is 6.80. The lowest BCUT2D eigenvalue weighted by Gasteiger charge is -2.48. The number of urea groups is 1. The highest BCUT2D eigenvalue weighted by Gasteiger charge is 2.42. The van der Waals surface area contributed by atoms with Gasteiger partial charge in [-0.25, -0.2) is 9.59 Å². The highest BCUT2D eigenvalue weighted by molar-refractivity contribution is 9.10. The molecule has 7 nitrogen and oxygen atoms in total. The number of hydrogen-bond donors (Lipinski definition) is 0. The van der Waals surface area contributed by atoms with Crippen molar-refractivity contribution in [1.29, 1.82) is 5.26 Å². The van der Waals surface area contributed by atoms with E-state index in [0.29, 0.717) is 19.6 Å². The Morgan fingerprint density at radius 3 is 2.69 bits per heavy atom. The average Bonchev–Trinajstić information content (AvgIpc) is 2.48. The van der Waals surface area contributed by atoms with Gasteiger partial charge in [0.15, 0.2) is 0 Å². The second-order valence-corrected chi connectivity index (χ2v) is 8.38. The average molecular weight is 421 g/mol. The molecule has 0 aliphatic carbocycles. The van der Waals surface area contributed by atoms with E-state index >= 15 is 0 Å². The molecule has 2 heterocycles. The summed E-state index contributed by atoms with van der Waals surface area (Å²) < 4.78 is 6.22. The van der Waals surface area contributed by atoms with Crippen molar-refractivity contribution in [3.63, 3.8) is 0 Å². The predicted molar refractivity (Wildman–Crippen MR) is 99.6 cm³/mol. The van der Waals surface area contributed by atoms with E-state index in [2.05, 4.69) is 22.0 Å². The second-order valence-electron chi connectivity index (χ2n) is 7.47. The number of likely N-dealkylation sites (tertiary alicyclic amines) is 1. The molecule has 26 heavy (non-hydrogen) atoms. The fraction of sp³-hybridized carbons (Fsp3) is 0.500. The molecule has 0 bridgehead atoms. The minimum absolute atomic E-state index is 0.0126. The summed E-state index contributed by atoms with van der Waals surface area (Å²) in [5.41, 5.74) is 1.20. The molecule has 3 amide bonds. The van der Waals surface area contributed by atoms with E-state index < -0.39 is 5.60 Å². The van der Waals surface area contributed by atoms with Crippen LogP contribution in [0, 0.1) is 11.3 Å². The molecule has 1 saturated heterocycles. The summed E-state index contributed by atoms with van der Waals surface area (Å²) in [7, 11) is 0. The normalized spacial score (nSPS) is 17.5. The molecule has 0 aromatic heterocycles. The van der Waals surface area contributed by atoms with Crippen LogP contribution >= 0.6 is 15.9 Å². The molecule has 0 radical (unpaired) electrons. The largest absolute Gasteiger partial charge is 0.444 e. The number of amides is 3. The van der Waals surface area contributed by atoms with Gasteiger partial charge in [0.05, 0.1) is 17.8 Å². The van der Waals surface area contributed by atoms with E-state index in [1.54, 1.807) is 9.80 Å². The van der Waals surface area contributed by atoms with E-state index in [9.17, 15) is 9.59 Å². The SMILES string of the molecule is CC(C)(C)OC(=O)N1CC(N2Cc3ccc(Br)cc3N(CC#N)C2=O)C1. The van der Waals surface area contributed by atoms with Gasteiger partial charge in [-0.2, -0.15) is 5.26 Å². The molecule has 0 N–H and O–H groups in total. The van der Waals surface area contributed by atoms with Gasteiger partial charge in [0.1, 0.15) is 12.1 Å². The van der Waals surface area contributed by atoms with Crippen LogP contribution in [-0.2, 0) is 11.3 Å². The van der Waals surface area contributed by atoms with E-state index in [1.807, 2.05) is 39.0 Å². The quantitative estimate of drug-likeness (QED) is 0.687. The number of halogens is 1. The molecule has 0 saturated carbocycles. The van der Waals surface area contributed by atoms with Crippen LogP contribution in [0.15, 0.2) is 22.7 Å². The Kier molecular flexibility index (Phi) is 4.84. The monoisotopic (exact) mass is 420 g/mol. The van der Waals surface area contributed by atoms with Crippen LogP contribution in [0.5, 0.6) is 0 Å². The van der Waals surface area contributed by atoms with Crippen LogP contribution in [0.1, 0.15) is 26.3 Å². The van der Waals surface area contributed by atoms with Crippen molar-refractivity contribution in [3.8, 4) is 6.07 Å². The number of ether oxygens (including phenoxy) is 1. The van der Waals surface area contributed by atoms with Crippen molar-refractivity contribution >= 4 is 33.7 Å². The van der Waals surface area contributed by atoms with Gasteiger partial charge in [-0.05, 0) is 38.5 Å². The zero-order valence-corrected chi connectivity index (χ0v) is 16.6. The number of nitrogens with zero attached hydrogens (tertiary/aromatic N) is 4. The maximum atomic E-state index is 12.9. The summed E-state index contributed by atoms with van der Waals surface area (Å²) in [4.78, 5) is 29.8. The number of fused-ring (bicyclic) bond motifs is 1. The predicted octanol–water partition coefficient (Wildman–Crippen LogP) is 3.33. The Balaban J connectivity index is 1.73. The summed E-state index contributed by atoms with van der Waals surface area (Å²) >= 11 is 3.41. The first-order chi connectivity index (χ1) is 12.2. The molecule has 8 heteroatoms. The summed E-state index contributed by atoms with van der Waals surface area (Å²) in [5.74, 6) is 0. The molecular weight excluding hydrogens is 400 g/mol. The Morgan fingerprint density at radius 2 is 2.08 bits per heavy atom. The third-order valence-corrected chi connectivity index (χ3v) is 4.83. The van der Waals surface area contributed by atoms with Crippen LogP contribution in [0.25, 0.3) is 0 Å². The maximum Gasteiger partial charge on any atom is 0.410 e. The number of anilines is 1. The molecule has 0 atom stereocenters. The first kappa shape index (κ1) is 18.5. The molecular formula is C18H21BrN4O3. The minimum Gasteiger partial charge on any atom is -0.444 e. The van der Waals surface area contributed by atoms with Crippen LogP contribution in [-0.4, -0.2) is 53.2 Å². The van der Waals surface area contributed by atoms with Crippen molar-refractivity contribution in [2.75, 3.05) is 24.5 Å². The summed E-state index contributed by atoms with van der Waals surface area (Å²) in [6.45, 7) is 6.80. The van der Waals surface area contributed by atoms with Crippen molar-refractivity contribution in [2.45, 2.75) is 39.0 Å². The number of carbonyl (C=O) groups is 2. The summed E-state index contributed by atoms with van der Waals surface area (Å²) in [6.07, 6.45) is -0.364. The summed E-state index contributed by atoms with van der Waals surface area (Å²) in [6, 6.07) is 7.51. The molecule has 3 rings (SSSR count). The van der Waals surface area contributed by atoms with Crippen LogP contribution in [0.3, 0.4) is 0 Å². The molecule has 2 aliphatic heterocycles. The lowest BCUT2D eigenvalue weighted by atomic mass is 10.0. The van der Waals surface area contributed by atoms with E-state index in [4.69, 9.17) is 10.00 Å². The van der Waals surface area contributed by atoms with Crippen molar-refractivity contribution in [3.05, 3.63) is 28.2 Å². The number of carbonyl (C=O) groups excluding carboxylic acids is 2. The lowest BCUT2D eigenvalue weighted by molar-refractivity contribution is -0.00952. The standard InChI is InChI=1S/C18H21BrN4O3/c1-18(2,3)26-17(25)21-10-14(11-21)23-9-12-4-5-13(19)8-15(12)22(7-6-20)16(23)24/h4-5,8,14H,7,9-11H2,1-3H3. The van der Waals surface area contributed by atoms with E-state index in [0.717, 1.165) is 15.7 Å². The number of rotatable bonds is 2. The molecule has 1 fully saturated rings. The Morgan fingerprint density at radius 1 is 1.38 bits per heavy atom. The number of benzene rings is 1. The van der Waals surface area contributed by atoms with Crippen molar-refractivity contribution < 1.29 is 14.3 Å². The first-order valence-corrected chi connectivity index (χ1v) is 9.20. The smallest absolute Gasteiger partial charge is 0.410 e. The third kappa shape index (κ3) is 3.63. The third-order valence-electron chi connectivity index (χ3n) is 4.34. The van der Waals surface area contributed by atoms with Crippen LogP contribution in [0.2, 0.25) is 0 Å². The van der Waals surface area contributed by atoms with Gasteiger partial charge < -0.3 is 14.5 Å². The van der Waals surface area contributed by atoms with Gasteiger partial charge in [0.25, 0.3) is 0 Å². The topological polar surface area (TPSA) is 76.9 Å². The van der Waals surface area contributed by atoms with Gasteiger partial charge in [0.2, 0.25) is 0 Å². The zero-order chi connectivity index (χ0) is 19.1. The molecule has 1 aromatic rings. The van der Waals surface area contributed by atoms with E-state index in [-0.39, 0.29) is 24.7 Å². The van der Waals surface area contributed by atoms with Crippen LogP contribution < -0.4 is 4.90 Å². The fourth-order valence-electron chi connectivity index (χ4n) is 3.07. The molecule has 1 aromatic carbocycles. The van der Waals surface area contributed by atoms with Crippen molar-refractivity contribution in [1.82, 2.24) is 9.80 Å². The number of nitriles is 1. The minimum atomic E-state index is -0.543. The van der Waals surface area contributed by atoms with Gasteiger partial charge in [0, 0.05) is 24.1 Å². The van der Waals surface area contributed by atoms with E-state index in [1.165, 1.54) is 4.90 Å². The Labute approximate surface area is 161 Å². The Hall–Kier alpha value is -2.27. The maximum absolute atomic E-state index is 12.9. The Bertz CT molecular complexity index is 778. The van der Waals surface area contributed by atoms with Gasteiger partial charge >= 0.3 is 12.1 Å². The lowest BCUT2D eigenvalue weighted by Crippen LogP contribution is -2.65. The molecule has 0 unspecified atom stereocenters. The summed E-state index contributed by atoms with van der Waals surface area (Å²) in [5, 5.41) is 9.11. The van der Waals surface area contributed by atoms with Gasteiger partial charge in [-0.3, -0.25) is 4.90 Å². The highest BCUT2D eigenvalue weighted by atomic mass is 79.9.